The molecule has 0 radical (unpaired) electrons. The van der Waals surface area contributed by atoms with Crippen LogP contribution in [0.3, 0.4) is 0 Å². The van der Waals surface area contributed by atoms with E-state index in [0.717, 1.165) is 18.7 Å². The normalized spacial score (nSPS) is 15.3. The van der Waals surface area contributed by atoms with E-state index in [1.165, 1.54) is 16.5 Å². The average molecular weight is 359 g/mol. The summed E-state index contributed by atoms with van der Waals surface area (Å²) in [7, 11) is 2.09. The molecule has 0 saturated carbocycles. The summed E-state index contributed by atoms with van der Waals surface area (Å²) in [6, 6.07) is 25.2. The zero-order chi connectivity index (χ0) is 18.8. The number of benzene rings is 3. The highest BCUT2D eigenvalue weighted by Crippen LogP contribution is 2.25. The fourth-order valence-electron chi connectivity index (χ4n) is 3.72. The molecule has 0 aliphatic carbocycles. The van der Waals surface area contributed by atoms with E-state index in [1.807, 2.05) is 42.2 Å². The molecule has 1 unspecified atom stereocenters. The molecule has 4 nitrogen and oxygen atoms in total. The Kier molecular flexibility index (Phi) is 4.71. The van der Waals surface area contributed by atoms with Crippen LogP contribution in [0.1, 0.15) is 18.5 Å². The highest BCUT2D eigenvalue weighted by Gasteiger charge is 2.34. The minimum atomic E-state index is -0.0329. The fraction of sp³-hybridized carbons (Fsp3) is 0.261. The van der Waals surface area contributed by atoms with Crippen molar-refractivity contribution in [3.05, 3.63) is 78.4 Å². The predicted octanol–water partition coefficient (Wildman–Crippen LogP) is 4.43. The van der Waals surface area contributed by atoms with Gasteiger partial charge in [0.1, 0.15) is 0 Å². The Balaban J connectivity index is 1.37. The second-order valence-electron chi connectivity index (χ2n) is 7.24. The van der Waals surface area contributed by atoms with Gasteiger partial charge in [-0.25, -0.2) is 4.79 Å². The van der Waals surface area contributed by atoms with E-state index in [1.54, 1.807) is 0 Å². The Morgan fingerprint density at radius 1 is 1.00 bits per heavy atom. The Bertz CT molecular complexity index is 929. The molecule has 4 heteroatoms. The quantitative estimate of drug-likeness (QED) is 0.748. The average Bonchev–Trinajstić information content (AvgIpc) is 2.67. The summed E-state index contributed by atoms with van der Waals surface area (Å²) in [5.41, 5.74) is 2.34. The van der Waals surface area contributed by atoms with Gasteiger partial charge in [0.05, 0.1) is 12.1 Å². The van der Waals surface area contributed by atoms with Gasteiger partial charge in [-0.2, -0.15) is 0 Å². The SMILES string of the molecule is CC(NC(=O)N1CC(N(C)c2ccccc2)C1)c1cccc2ccccc12. The molecular weight excluding hydrogens is 334 g/mol. The Labute approximate surface area is 160 Å². The van der Waals surface area contributed by atoms with Crippen LogP contribution in [0, 0.1) is 0 Å². The molecule has 1 saturated heterocycles. The number of para-hydroxylation sites is 1. The van der Waals surface area contributed by atoms with Crippen molar-refractivity contribution in [1.29, 1.82) is 0 Å². The van der Waals surface area contributed by atoms with E-state index in [0.29, 0.717) is 6.04 Å². The number of hydrogen-bond acceptors (Lipinski definition) is 2. The number of amides is 2. The summed E-state index contributed by atoms with van der Waals surface area (Å²) in [5.74, 6) is 0. The van der Waals surface area contributed by atoms with Crippen molar-refractivity contribution >= 4 is 22.5 Å². The topological polar surface area (TPSA) is 35.6 Å². The van der Waals surface area contributed by atoms with Crippen LogP contribution in [0.2, 0.25) is 0 Å². The molecule has 3 aromatic carbocycles. The van der Waals surface area contributed by atoms with Crippen molar-refractivity contribution < 1.29 is 4.79 Å². The van der Waals surface area contributed by atoms with Gasteiger partial charge in [0.25, 0.3) is 0 Å². The zero-order valence-electron chi connectivity index (χ0n) is 15.8. The molecular formula is C23H25N3O. The lowest BCUT2D eigenvalue weighted by atomic mass is 9.99. The van der Waals surface area contributed by atoms with Gasteiger partial charge in [-0.1, -0.05) is 60.7 Å². The first-order valence-corrected chi connectivity index (χ1v) is 9.44. The van der Waals surface area contributed by atoms with Crippen molar-refractivity contribution in [1.82, 2.24) is 10.2 Å². The standard InChI is InChI=1S/C23H25N3O/c1-17(21-14-8-10-18-9-6-7-13-22(18)21)24-23(27)26-15-20(16-26)25(2)19-11-4-3-5-12-19/h3-14,17,20H,15-16H2,1-2H3,(H,24,27). The van der Waals surface area contributed by atoms with Gasteiger partial charge in [0.15, 0.2) is 0 Å². The molecule has 0 aromatic heterocycles. The number of likely N-dealkylation sites (N-methyl/N-ethyl adjacent to an activating group) is 1. The first-order valence-electron chi connectivity index (χ1n) is 9.44. The van der Waals surface area contributed by atoms with E-state index < -0.39 is 0 Å². The van der Waals surface area contributed by atoms with Gasteiger partial charge in [-0.15, -0.1) is 0 Å². The third-order valence-corrected chi connectivity index (χ3v) is 5.49. The van der Waals surface area contributed by atoms with E-state index in [9.17, 15) is 4.79 Å². The van der Waals surface area contributed by atoms with Crippen molar-refractivity contribution in [2.75, 3.05) is 25.0 Å². The molecule has 1 atom stereocenters. The Morgan fingerprint density at radius 2 is 1.67 bits per heavy atom. The van der Waals surface area contributed by atoms with Gasteiger partial charge in [-0.3, -0.25) is 0 Å². The molecule has 4 rings (SSSR count). The number of fused-ring (bicyclic) bond motifs is 1. The maximum absolute atomic E-state index is 12.6. The monoisotopic (exact) mass is 359 g/mol. The van der Waals surface area contributed by atoms with Gasteiger partial charge in [0, 0.05) is 25.8 Å². The molecule has 27 heavy (non-hydrogen) atoms. The van der Waals surface area contributed by atoms with E-state index in [2.05, 4.69) is 59.7 Å². The smallest absolute Gasteiger partial charge is 0.318 e. The highest BCUT2D eigenvalue weighted by atomic mass is 16.2. The lowest BCUT2D eigenvalue weighted by molar-refractivity contribution is 0.148. The number of nitrogens with zero attached hydrogens (tertiary/aromatic N) is 2. The molecule has 0 spiro atoms. The maximum atomic E-state index is 12.6. The van der Waals surface area contributed by atoms with Crippen LogP contribution in [0.15, 0.2) is 72.8 Å². The van der Waals surface area contributed by atoms with Gasteiger partial charge < -0.3 is 15.1 Å². The van der Waals surface area contributed by atoms with Crippen LogP contribution < -0.4 is 10.2 Å². The van der Waals surface area contributed by atoms with Crippen LogP contribution in [-0.2, 0) is 0 Å². The summed E-state index contributed by atoms with van der Waals surface area (Å²) in [4.78, 5) is 16.8. The van der Waals surface area contributed by atoms with Crippen LogP contribution in [0.4, 0.5) is 10.5 Å². The van der Waals surface area contributed by atoms with Crippen molar-refractivity contribution in [2.45, 2.75) is 19.0 Å². The number of urea groups is 1. The number of nitrogens with one attached hydrogen (secondary N) is 1. The minimum Gasteiger partial charge on any atom is -0.368 e. The largest absolute Gasteiger partial charge is 0.368 e. The second kappa shape index (κ2) is 7.31. The van der Waals surface area contributed by atoms with Crippen molar-refractivity contribution in [2.24, 2.45) is 0 Å². The third kappa shape index (κ3) is 3.47. The number of carbonyl (C=O) groups is 1. The minimum absolute atomic E-state index is 0.00754. The van der Waals surface area contributed by atoms with Gasteiger partial charge in [0.2, 0.25) is 0 Å². The van der Waals surface area contributed by atoms with Crippen LogP contribution in [0.5, 0.6) is 0 Å². The summed E-state index contributed by atoms with van der Waals surface area (Å²) in [5, 5.41) is 5.55. The zero-order valence-corrected chi connectivity index (χ0v) is 15.8. The van der Waals surface area contributed by atoms with Crippen LogP contribution in [0.25, 0.3) is 10.8 Å². The number of anilines is 1. The third-order valence-electron chi connectivity index (χ3n) is 5.49. The second-order valence-corrected chi connectivity index (χ2v) is 7.24. The van der Waals surface area contributed by atoms with Crippen LogP contribution >= 0.6 is 0 Å². The molecule has 1 aliphatic rings. The van der Waals surface area contributed by atoms with E-state index >= 15 is 0 Å². The molecule has 1 heterocycles. The lowest BCUT2D eigenvalue weighted by Gasteiger charge is -2.45. The highest BCUT2D eigenvalue weighted by molar-refractivity contribution is 5.86. The summed E-state index contributed by atoms with van der Waals surface area (Å²) in [6.45, 7) is 3.55. The van der Waals surface area contributed by atoms with E-state index in [4.69, 9.17) is 0 Å². The summed E-state index contributed by atoms with van der Waals surface area (Å²) in [6.07, 6.45) is 0. The van der Waals surface area contributed by atoms with Gasteiger partial charge in [-0.05, 0) is 35.4 Å². The first kappa shape index (κ1) is 17.4. The molecule has 3 aromatic rings. The Morgan fingerprint density at radius 3 is 2.44 bits per heavy atom. The van der Waals surface area contributed by atoms with Crippen molar-refractivity contribution in [3.8, 4) is 0 Å². The lowest BCUT2D eigenvalue weighted by Crippen LogP contribution is -2.62. The maximum Gasteiger partial charge on any atom is 0.318 e. The van der Waals surface area contributed by atoms with Gasteiger partial charge >= 0.3 is 6.03 Å². The number of rotatable bonds is 4. The summed E-state index contributed by atoms with van der Waals surface area (Å²) < 4.78 is 0. The molecule has 1 N–H and O–H groups in total. The molecule has 0 bridgehead atoms. The number of likely N-dealkylation sites (tertiary alicyclic amines) is 1. The van der Waals surface area contributed by atoms with Crippen LogP contribution in [-0.4, -0.2) is 37.1 Å². The number of carbonyl (C=O) groups excluding carboxylic acids is 1. The van der Waals surface area contributed by atoms with E-state index in [-0.39, 0.29) is 12.1 Å². The molecule has 138 valence electrons. The summed E-state index contributed by atoms with van der Waals surface area (Å²) >= 11 is 0. The first-order chi connectivity index (χ1) is 13.1. The molecule has 1 fully saturated rings. The number of hydrogen-bond donors (Lipinski definition) is 1. The molecule has 1 aliphatic heterocycles. The van der Waals surface area contributed by atoms with Crippen molar-refractivity contribution in [3.63, 3.8) is 0 Å². The molecule has 2 amide bonds. The predicted molar refractivity (Wildman–Crippen MR) is 111 cm³/mol. The Hall–Kier alpha value is -3.01. The fourth-order valence-corrected chi connectivity index (χ4v) is 3.72.